The van der Waals surface area contributed by atoms with E-state index < -0.39 is 0 Å². The fourth-order valence-corrected chi connectivity index (χ4v) is 8.12. The van der Waals surface area contributed by atoms with Crippen molar-refractivity contribution in [1.82, 2.24) is 0 Å². The molecule has 70 valence electrons. The molecular formula is C13H13N. The fourth-order valence-electron chi connectivity index (χ4n) is 8.12. The van der Waals surface area contributed by atoms with E-state index >= 15 is 0 Å². The van der Waals surface area contributed by atoms with E-state index in [1.54, 1.807) is 6.42 Å². The van der Waals surface area contributed by atoms with E-state index in [1.165, 1.54) is 6.42 Å². The van der Waals surface area contributed by atoms with Crippen molar-refractivity contribution in [3.8, 4) is 0 Å². The summed E-state index contributed by atoms with van der Waals surface area (Å²) in [7, 11) is 0. The summed E-state index contributed by atoms with van der Waals surface area (Å²) >= 11 is 0. The molecule has 14 heavy (non-hydrogen) atoms. The minimum absolute atomic E-state index is 0.242. The van der Waals surface area contributed by atoms with E-state index in [1.807, 2.05) is 0 Å². The Labute approximate surface area is 83.7 Å². The van der Waals surface area contributed by atoms with Gasteiger partial charge in [-0.05, 0) is 48.3 Å². The van der Waals surface area contributed by atoms with Crippen molar-refractivity contribution in [2.24, 2.45) is 53.3 Å². The Morgan fingerprint density at radius 3 is 2.50 bits per heavy atom. The zero-order valence-electron chi connectivity index (χ0n) is 8.06. The SMILES string of the molecule is [C-]#[N+]C12C3CC4C5C6CC(C53)C1C6C42. The van der Waals surface area contributed by atoms with Crippen LogP contribution >= 0.6 is 0 Å². The van der Waals surface area contributed by atoms with Gasteiger partial charge in [0.25, 0.3) is 0 Å². The zero-order chi connectivity index (χ0) is 8.82. The van der Waals surface area contributed by atoms with Crippen LogP contribution in [0.1, 0.15) is 12.8 Å². The van der Waals surface area contributed by atoms with Crippen LogP contribution in [0.15, 0.2) is 0 Å². The maximum Gasteiger partial charge on any atom is 0.242 e. The van der Waals surface area contributed by atoms with Gasteiger partial charge in [-0.3, -0.25) is 0 Å². The molecule has 0 saturated heterocycles. The molecule has 7 aliphatic carbocycles. The van der Waals surface area contributed by atoms with Crippen LogP contribution in [-0.2, 0) is 0 Å². The number of nitrogens with zero attached hydrogens (tertiary/aromatic N) is 1. The van der Waals surface area contributed by atoms with Gasteiger partial charge in [-0.15, -0.1) is 0 Å². The van der Waals surface area contributed by atoms with Crippen LogP contribution in [0.4, 0.5) is 0 Å². The molecule has 1 heteroatoms. The highest BCUT2D eigenvalue weighted by atomic mass is 15.1. The minimum atomic E-state index is 0.242. The van der Waals surface area contributed by atoms with Gasteiger partial charge >= 0.3 is 0 Å². The van der Waals surface area contributed by atoms with Crippen LogP contribution in [0.5, 0.6) is 0 Å². The number of hydrogen-bond donors (Lipinski definition) is 0. The van der Waals surface area contributed by atoms with Crippen LogP contribution in [0.25, 0.3) is 4.85 Å². The largest absolute Gasteiger partial charge is 0.309 e. The summed E-state index contributed by atoms with van der Waals surface area (Å²) in [5.74, 6) is 9.16. The van der Waals surface area contributed by atoms with Gasteiger partial charge < -0.3 is 4.85 Å². The normalized spacial score (nSPS) is 86.9. The van der Waals surface area contributed by atoms with Gasteiger partial charge in [0.05, 0.1) is 0 Å². The second-order valence-electron chi connectivity index (χ2n) is 6.85. The number of hydrogen-bond acceptors (Lipinski definition) is 0. The monoisotopic (exact) mass is 183 g/mol. The van der Waals surface area contributed by atoms with Crippen LogP contribution < -0.4 is 0 Å². The fraction of sp³-hybridized carbons (Fsp3) is 0.923. The smallest absolute Gasteiger partial charge is 0.242 e. The van der Waals surface area contributed by atoms with E-state index in [-0.39, 0.29) is 5.54 Å². The predicted octanol–water partition coefficient (Wildman–Crippen LogP) is 2.05. The molecule has 7 fully saturated rings. The molecule has 0 N–H and O–H groups in total. The standard InChI is InChI=1S/C13H13N/c1-14-13-7-3-6-8-4-2-5(9(7)8)11(13)10(4)12(6)13/h4-12H,2-3H2. The average Bonchev–Trinajstić information content (AvgIpc) is 2.73. The number of rotatable bonds is 0. The lowest BCUT2D eigenvalue weighted by molar-refractivity contribution is 0.0180. The lowest BCUT2D eigenvalue weighted by Gasteiger charge is -2.46. The molecule has 0 aromatic carbocycles. The Morgan fingerprint density at radius 2 is 1.71 bits per heavy atom. The lowest BCUT2D eigenvalue weighted by atomic mass is 9.54. The van der Waals surface area contributed by atoms with Crippen molar-refractivity contribution < 1.29 is 0 Å². The molecule has 0 heterocycles. The predicted molar refractivity (Wildman–Crippen MR) is 50.0 cm³/mol. The molecule has 0 radical (unpaired) electrons. The van der Waals surface area contributed by atoms with Gasteiger partial charge in [-0.1, -0.05) is 0 Å². The van der Waals surface area contributed by atoms with Crippen LogP contribution in [-0.4, -0.2) is 5.54 Å². The van der Waals surface area contributed by atoms with Crippen molar-refractivity contribution >= 4 is 0 Å². The summed E-state index contributed by atoms with van der Waals surface area (Å²) in [6, 6.07) is 0. The second-order valence-corrected chi connectivity index (χ2v) is 6.85. The molecule has 10 unspecified atom stereocenters. The van der Waals surface area contributed by atoms with Crippen molar-refractivity contribution in [1.29, 1.82) is 0 Å². The average molecular weight is 183 g/mol. The quantitative estimate of drug-likeness (QED) is 0.506. The molecule has 1 nitrogen and oxygen atoms in total. The first-order chi connectivity index (χ1) is 6.89. The van der Waals surface area contributed by atoms with Crippen LogP contribution in [0, 0.1) is 59.8 Å². The summed E-state index contributed by atoms with van der Waals surface area (Å²) in [6.45, 7) is 7.63. The Morgan fingerprint density at radius 1 is 0.929 bits per heavy atom. The second kappa shape index (κ2) is 1.31. The third kappa shape index (κ3) is 0.270. The molecule has 4 bridgehead atoms. The molecule has 0 spiro atoms. The zero-order valence-corrected chi connectivity index (χ0v) is 8.06. The Hall–Kier alpha value is -0.510. The van der Waals surface area contributed by atoms with E-state index in [0.29, 0.717) is 0 Å². The summed E-state index contributed by atoms with van der Waals surface area (Å²) in [5, 5.41) is 0. The maximum atomic E-state index is 7.63. The van der Waals surface area contributed by atoms with E-state index in [9.17, 15) is 0 Å². The van der Waals surface area contributed by atoms with Gasteiger partial charge in [-0.2, -0.15) is 0 Å². The van der Waals surface area contributed by atoms with Gasteiger partial charge in [0, 0.05) is 17.8 Å². The van der Waals surface area contributed by atoms with Crippen molar-refractivity contribution in [3.05, 3.63) is 11.4 Å². The molecular weight excluding hydrogens is 170 g/mol. The van der Waals surface area contributed by atoms with Gasteiger partial charge in [-0.25, -0.2) is 6.57 Å². The first-order valence-electron chi connectivity index (χ1n) is 6.28. The minimum Gasteiger partial charge on any atom is -0.309 e. The summed E-state index contributed by atoms with van der Waals surface area (Å²) in [6.07, 6.45) is 3.02. The maximum absolute atomic E-state index is 7.63. The van der Waals surface area contributed by atoms with E-state index in [4.69, 9.17) is 6.57 Å². The topological polar surface area (TPSA) is 4.36 Å². The first-order valence-corrected chi connectivity index (χ1v) is 6.28. The molecule has 0 aromatic rings. The lowest BCUT2D eigenvalue weighted by Crippen LogP contribution is -2.56. The first kappa shape index (κ1) is 6.16. The van der Waals surface area contributed by atoms with Crippen molar-refractivity contribution in [3.63, 3.8) is 0 Å². The molecule has 7 saturated carbocycles. The Balaban J connectivity index is 1.81. The molecule has 10 atom stereocenters. The van der Waals surface area contributed by atoms with E-state index in [2.05, 4.69) is 4.85 Å². The Kier molecular flexibility index (Phi) is 0.576. The van der Waals surface area contributed by atoms with Gasteiger partial charge in [0.2, 0.25) is 5.54 Å². The third-order valence-corrected chi connectivity index (χ3v) is 7.56. The highest BCUT2D eigenvalue weighted by Crippen LogP contribution is 2.93. The highest BCUT2D eigenvalue weighted by molar-refractivity contribution is 5.45. The summed E-state index contributed by atoms with van der Waals surface area (Å²) in [5.41, 5.74) is 0.242. The molecule has 0 aliphatic heterocycles. The summed E-state index contributed by atoms with van der Waals surface area (Å²) in [4.78, 5) is 4.20. The molecule has 7 rings (SSSR count). The third-order valence-electron chi connectivity index (χ3n) is 7.56. The van der Waals surface area contributed by atoms with Gasteiger partial charge in [0.15, 0.2) is 0 Å². The van der Waals surface area contributed by atoms with Crippen LogP contribution in [0.3, 0.4) is 0 Å². The molecule has 7 aliphatic rings. The van der Waals surface area contributed by atoms with Crippen molar-refractivity contribution in [2.45, 2.75) is 18.4 Å². The van der Waals surface area contributed by atoms with Gasteiger partial charge in [0.1, 0.15) is 0 Å². The summed E-state index contributed by atoms with van der Waals surface area (Å²) < 4.78 is 0. The highest BCUT2D eigenvalue weighted by Gasteiger charge is 2.96. The molecule has 0 amide bonds. The Bertz CT molecular complexity index is 413. The van der Waals surface area contributed by atoms with Crippen molar-refractivity contribution in [2.75, 3.05) is 0 Å². The molecule has 0 aromatic heterocycles. The van der Waals surface area contributed by atoms with E-state index in [0.717, 1.165) is 53.3 Å². The van der Waals surface area contributed by atoms with Crippen LogP contribution in [0.2, 0.25) is 0 Å².